The molecule has 0 aliphatic carbocycles. The number of benzene rings is 2. The van der Waals surface area contributed by atoms with Gasteiger partial charge in [-0.2, -0.15) is 0 Å². The minimum Gasteiger partial charge on any atom is -0.362 e. The Morgan fingerprint density at radius 2 is 1.72 bits per heavy atom. The maximum Gasteiger partial charge on any atom is 0.275 e. The number of amides is 1. The lowest BCUT2D eigenvalue weighted by Gasteiger charge is -2.14. The molecule has 1 atom stereocenters. The zero-order chi connectivity index (χ0) is 17.6. The molecule has 0 saturated heterocycles. The Bertz CT molecular complexity index is 853. The van der Waals surface area contributed by atoms with Crippen LogP contribution in [0.5, 0.6) is 0 Å². The lowest BCUT2D eigenvalue weighted by molar-refractivity contribution is 0.102. The van der Waals surface area contributed by atoms with Crippen molar-refractivity contribution in [2.75, 3.05) is 10.6 Å². The van der Waals surface area contributed by atoms with Crippen LogP contribution in [0.15, 0.2) is 67.0 Å². The van der Waals surface area contributed by atoms with Crippen LogP contribution in [-0.4, -0.2) is 15.9 Å². The molecule has 0 bridgehead atoms. The smallest absolute Gasteiger partial charge is 0.275 e. The Labute approximate surface area is 151 Å². The minimum absolute atomic E-state index is 0.0818. The van der Waals surface area contributed by atoms with E-state index in [9.17, 15) is 4.79 Å². The van der Waals surface area contributed by atoms with Gasteiger partial charge in [-0.1, -0.05) is 54.1 Å². The van der Waals surface area contributed by atoms with Crippen molar-refractivity contribution in [1.29, 1.82) is 0 Å². The van der Waals surface area contributed by atoms with E-state index in [2.05, 4.69) is 20.6 Å². The Morgan fingerprint density at radius 3 is 2.40 bits per heavy atom. The molecule has 1 heterocycles. The first kappa shape index (κ1) is 16.9. The molecule has 1 amide bonds. The summed E-state index contributed by atoms with van der Waals surface area (Å²) >= 11 is 6.04. The second-order valence-electron chi connectivity index (χ2n) is 5.50. The number of nitrogens with one attached hydrogen (secondary N) is 2. The normalized spacial score (nSPS) is 11.6. The highest BCUT2D eigenvalue weighted by Crippen LogP contribution is 2.21. The zero-order valence-electron chi connectivity index (χ0n) is 13.6. The number of para-hydroxylation sites is 1. The summed E-state index contributed by atoms with van der Waals surface area (Å²) in [6.07, 6.45) is 2.98. The molecule has 3 rings (SSSR count). The van der Waals surface area contributed by atoms with Crippen molar-refractivity contribution in [1.82, 2.24) is 9.97 Å². The average molecular weight is 353 g/mol. The zero-order valence-corrected chi connectivity index (χ0v) is 14.4. The number of aromatic nitrogens is 2. The number of halogens is 1. The monoisotopic (exact) mass is 352 g/mol. The van der Waals surface area contributed by atoms with Crippen LogP contribution in [0.4, 0.5) is 11.5 Å². The largest absolute Gasteiger partial charge is 0.362 e. The van der Waals surface area contributed by atoms with E-state index in [-0.39, 0.29) is 17.6 Å². The van der Waals surface area contributed by atoms with E-state index in [1.165, 1.54) is 6.20 Å². The van der Waals surface area contributed by atoms with Crippen molar-refractivity contribution >= 4 is 29.0 Å². The van der Waals surface area contributed by atoms with Crippen LogP contribution in [0, 0.1) is 0 Å². The Morgan fingerprint density at radius 1 is 1.00 bits per heavy atom. The molecule has 1 aromatic heterocycles. The van der Waals surface area contributed by atoms with Crippen LogP contribution < -0.4 is 10.6 Å². The molecule has 0 saturated carbocycles. The van der Waals surface area contributed by atoms with Crippen molar-refractivity contribution in [3.05, 3.63) is 83.3 Å². The van der Waals surface area contributed by atoms with E-state index in [1.807, 2.05) is 37.3 Å². The number of carbonyl (C=O) groups is 1. The number of hydrogen-bond acceptors (Lipinski definition) is 4. The summed E-state index contributed by atoms with van der Waals surface area (Å²) in [6.45, 7) is 2.04. The number of hydrogen-bond donors (Lipinski definition) is 2. The molecule has 126 valence electrons. The molecule has 0 aliphatic rings. The van der Waals surface area contributed by atoms with Crippen molar-refractivity contribution in [2.24, 2.45) is 0 Å². The first-order valence-corrected chi connectivity index (χ1v) is 8.20. The van der Waals surface area contributed by atoms with Gasteiger partial charge in [-0.15, -0.1) is 0 Å². The maximum absolute atomic E-state index is 12.2. The third kappa shape index (κ3) is 4.33. The summed E-state index contributed by atoms with van der Waals surface area (Å²) < 4.78 is 0. The number of carbonyl (C=O) groups excluding carboxylic acids is 1. The van der Waals surface area contributed by atoms with Crippen LogP contribution >= 0.6 is 11.6 Å². The molecule has 0 spiro atoms. The quantitative estimate of drug-likeness (QED) is 0.706. The topological polar surface area (TPSA) is 66.9 Å². The number of nitrogens with zero attached hydrogens (tertiary/aromatic N) is 2. The van der Waals surface area contributed by atoms with Gasteiger partial charge in [0.05, 0.1) is 23.1 Å². The van der Waals surface area contributed by atoms with Gasteiger partial charge in [0.25, 0.3) is 5.91 Å². The van der Waals surface area contributed by atoms with Crippen molar-refractivity contribution in [2.45, 2.75) is 13.0 Å². The van der Waals surface area contributed by atoms with E-state index in [1.54, 1.807) is 30.5 Å². The highest BCUT2D eigenvalue weighted by atomic mass is 35.5. The number of rotatable bonds is 5. The van der Waals surface area contributed by atoms with Gasteiger partial charge in [0, 0.05) is 6.04 Å². The lowest BCUT2D eigenvalue weighted by atomic mass is 10.1. The Balaban J connectivity index is 1.66. The highest BCUT2D eigenvalue weighted by Gasteiger charge is 2.11. The van der Waals surface area contributed by atoms with Gasteiger partial charge in [-0.3, -0.25) is 4.79 Å². The predicted octanol–water partition coefficient (Wildman–Crippen LogP) is 4.56. The average Bonchev–Trinajstić information content (AvgIpc) is 2.65. The second-order valence-corrected chi connectivity index (χ2v) is 5.90. The summed E-state index contributed by atoms with van der Waals surface area (Å²) in [4.78, 5) is 20.7. The fourth-order valence-corrected chi connectivity index (χ4v) is 2.50. The van der Waals surface area contributed by atoms with Crippen LogP contribution in [0.25, 0.3) is 0 Å². The van der Waals surface area contributed by atoms with E-state index >= 15 is 0 Å². The number of anilines is 2. The molecular weight excluding hydrogens is 336 g/mol. The third-order valence-corrected chi connectivity index (χ3v) is 4.00. The Kier molecular flexibility index (Phi) is 5.26. The van der Waals surface area contributed by atoms with Crippen LogP contribution in [0.2, 0.25) is 5.02 Å². The molecule has 6 heteroatoms. The highest BCUT2D eigenvalue weighted by molar-refractivity contribution is 6.33. The van der Waals surface area contributed by atoms with E-state index in [0.717, 1.165) is 5.56 Å². The van der Waals surface area contributed by atoms with Crippen molar-refractivity contribution in [3.8, 4) is 0 Å². The first-order chi connectivity index (χ1) is 12.1. The molecule has 0 fully saturated rings. The lowest BCUT2D eigenvalue weighted by Crippen LogP contribution is -2.15. The molecule has 2 N–H and O–H groups in total. The van der Waals surface area contributed by atoms with Gasteiger partial charge >= 0.3 is 0 Å². The second kappa shape index (κ2) is 7.77. The van der Waals surface area contributed by atoms with E-state index in [0.29, 0.717) is 16.5 Å². The minimum atomic E-state index is -0.358. The van der Waals surface area contributed by atoms with E-state index < -0.39 is 0 Å². The fourth-order valence-electron chi connectivity index (χ4n) is 2.32. The molecule has 5 nitrogen and oxygen atoms in total. The molecular formula is C19H17ClN4O. The van der Waals surface area contributed by atoms with Crippen molar-refractivity contribution in [3.63, 3.8) is 0 Å². The molecule has 1 unspecified atom stereocenters. The van der Waals surface area contributed by atoms with Gasteiger partial charge in [0.2, 0.25) is 0 Å². The van der Waals surface area contributed by atoms with E-state index in [4.69, 9.17) is 11.6 Å². The van der Waals surface area contributed by atoms with Gasteiger partial charge in [-0.25, -0.2) is 9.97 Å². The van der Waals surface area contributed by atoms with Gasteiger partial charge in [0.1, 0.15) is 11.5 Å². The standard InChI is InChI=1S/C19H17ClN4O/c1-13(14-7-3-2-4-8-14)23-18-12-21-17(11-22-18)19(25)24-16-10-6-5-9-15(16)20/h2-13H,1H3,(H,22,23)(H,24,25). The molecule has 2 aromatic carbocycles. The maximum atomic E-state index is 12.2. The van der Waals surface area contributed by atoms with Crippen molar-refractivity contribution < 1.29 is 4.79 Å². The van der Waals surface area contributed by atoms with Gasteiger partial charge in [0.15, 0.2) is 0 Å². The summed E-state index contributed by atoms with van der Waals surface area (Å²) in [7, 11) is 0. The molecule has 0 aliphatic heterocycles. The third-order valence-electron chi connectivity index (χ3n) is 3.67. The SMILES string of the molecule is CC(Nc1cnc(C(=O)Nc2ccccc2Cl)cn1)c1ccccc1. The summed E-state index contributed by atoms with van der Waals surface area (Å²) in [5.74, 6) is 0.244. The molecule has 25 heavy (non-hydrogen) atoms. The fraction of sp³-hybridized carbons (Fsp3) is 0.105. The van der Waals surface area contributed by atoms with Gasteiger partial charge < -0.3 is 10.6 Å². The Hall–Kier alpha value is -2.92. The summed E-state index contributed by atoms with van der Waals surface area (Å²) in [5.41, 5.74) is 1.90. The predicted molar refractivity (Wildman–Crippen MR) is 99.9 cm³/mol. The van der Waals surface area contributed by atoms with Crippen LogP contribution in [0.1, 0.15) is 29.0 Å². The van der Waals surface area contributed by atoms with Gasteiger partial charge in [-0.05, 0) is 24.6 Å². The van der Waals surface area contributed by atoms with Crippen LogP contribution in [-0.2, 0) is 0 Å². The first-order valence-electron chi connectivity index (χ1n) is 7.83. The molecule has 0 radical (unpaired) electrons. The van der Waals surface area contributed by atoms with Crippen LogP contribution in [0.3, 0.4) is 0 Å². The summed E-state index contributed by atoms with van der Waals surface area (Å²) in [5, 5.41) is 6.45. The molecule has 3 aromatic rings. The summed E-state index contributed by atoms with van der Waals surface area (Å²) in [6, 6.07) is 17.1.